The van der Waals surface area contributed by atoms with Crippen LogP contribution >= 0.6 is 23.2 Å². The maximum absolute atomic E-state index is 13.5. The van der Waals surface area contributed by atoms with Crippen LogP contribution in [-0.2, 0) is 11.3 Å². The van der Waals surface area contributed by atoms with E-state index in [4.69, 9.17) is 32.4 Å². The molecule has 0 N–H and O–H groups in total. The Morgan fingerprint density at radius 2 is 1.88 bits per heavy atom. The van der Waals surface area contributed by atoms with Crippen LogP contribution in [0.1, 0.15) is 23.6 Å². The molecule has 0 saturated carbocycles. The SMILES string of the molecule is COc1ccccc1C1=NN(C(=O)Cn2c(=O)oc3ccc(Cl)cc32)C(c2ccccc2Cl)C1. The Bertz CT molecular complexity index is 1490. The molecule has 1 atom stereocenters. The predicted molar refractivity (Wildman–Crippen MR) is 131 cm³/mol. The van der Waals surface area contributed by atoms with Crippen molar-refractivity contribution in [2.75, 3.05) is 7.11 Å². The quantitative estimate of drug-likeness (QED) is 0.377. The number of hydrogen-bond donors (Lipinski definition) is 0. The van der Waals surface area contributed by atoms with E-state index in [9.17, 15) is 9.59 Å². The van der Waals surface area contributed by atoms with Gasteiger partial charge in [0.2, 0.25) is 0 Å². The molecular weight excluding hydrogens is 477 g/mol. The average molecular weight is 496 g/mol. The summed E-state index contributed by atoms with van der Waals surface area (Å²) in [6.45, 7) is -0.268. The standard InChI is InChI=1S/C25H19Cl2N3O4/c1-33-22-9-5-3-7-17(22)19-13-20(16-6-2-4-8-18(16)27)30(28-19)24(31)14-29-21-12-15(26)10-11-23(21)34-25(29)32/h2-12,20H,13-14H2,1H3. The Hall–Kier alpha value is -3.55. The number of para-hydroxylation sites is 1. The van der Waals surface area contributed by atoms with Gasteiger partial charge in [-0.1, -0.05) is 53.5 Å². The molecule has 0 bridgehead atoms. The first-order chi connectivity index (χ1) is 16.5. The molecule has 0 saturated heterocycles. The van der Waals surface area contributed by atoms with Crippen LogP contribution in [0.2, 0.25) is 10.0 Å². The molecule has 9 heteroatoms. The van der Waals surface area contributed by atoms with Gasteiger partial charge in [0.15, 0.2) is 5.58 Å². The Labute approximate surface area is 204 Å². The molecule has 4 aromatic rings. The highest BCUT2D eigenvalue weighted by atomic mass is 35.5. The van der Waals surface area contributed by atoms with Crippen molar-refractivity contribution in [1.29, 1.82) is 0 Å². The van der Waals surface area contributed by atoms with Gasteiger partial charge >= 0.3 is 5.76 Å². The summed E-state index contributed by atoms with van der Waals surface area (Å²) in [5.74, 6) is -0.382. The molecule has 1 aromatic heterocycles. The van der Waals surface area contributed by atoms with Crippen LogP contribution in [0.15, 0.2) is 81.0 Å². The fourth-order valence-corrected chi connectivity index (χ4v) is 4.59. The number of benzene rings is 3. The minimum Gasteiger partial charge on any atom is -0.496 e. The molecule has 0 aliphatic carbocycles. The lowest BCUT2D eigenvalue weighted by molar-refractivity contribution is -0.133. The summed E-state index contributed by atoms with van der Waals surface area (Å²) in [6, 6.07) is 19.2. The molecule has 3 aromatic carbocycles. The number of hydrogen-bond acceptors (Lipinski definition) is 5. The van der Waals surface area contributed by atoms with Gasteiger partial charge in [0.1, 0.15) is 12.3 Å². The Morgan fingerprint density at radius 3 is 2.68 bits per heavy atom. The van der Waals surface area contributed by atoms with E-state index in [1.807, 2.05) is 42.5 Å². The molecule has 1 aliphatic heterocycles. The van der Waals surface area contributed by atoms with Gasteiger partial charge in [0.25, 0.3) is 5.91 Å². The number of ether oxygens (including phenoxy) is 1. The van der Waals surface area contributed by atoms with E-state index in [2.05, 4.69) is 5.10 Å². The van der Waals surface area contributed by atoms with Crippen LogP contribution in [0.5, 0.6) is 5.75 Å². The summed E-state index contributed by atoms with van der Waals surface area (Å²) in [6.07, 6.45) is 0.433. The van der Waals surface area contributed by atoms with Crippen LogP contribution in [0, 0.1) is 0 Å². The third-order valence-corrected chi connectivity index (χ3v) is 6.35. The van der Waals surface area contributed by atoms with E-state index in [0.29, 0.717) is 39.0 Å². The summed E-state index contributed by atoms with van der Waals surface area (Å²) in [7, 11) is 1.59. The van der Waals surface area contributed by atoms with Crippen molar-refractivity contribution in [2.24, 2.45) is 5.10 Å². The smallest absolute Gasteiger partial charge is 0.420 e. The predicted octanol–water partition coefficient (Wildman–Crippen LogP) is 5.29. The number of carbonyl (C=O) groups is 1. The molecule has 1 amide bonds. The zero-order chi connectivity index (χ0) is 23.8. The van der Waals surface area contributed by atoms with Crippen LogP contribution < -0.4 is 10.5 Å². The Morgan fingerprint density at radius 1 is 1.12 bits per heavy atom. The van der Waals surface area contributed by atoms with E-state index < -0.39 is 11.8 Å². The zero-order valence-corrected chi connectivity index (χ0v) is 19.6. The van der Waals surface area contributed by atoms with E-state index >= 15 is 0 Å². The van der Waals surface area contributed by atoms with Crippen LogP contribution in [-0.4, -0.2) is 28.3 Å². The molecule has 2 heterocycles. The van der Waals surface area contributed by atoms with Crippen molar-refractivity contribution >= 4 is 45.9 Å². The highest BCUT2D eigenvalue weighted by Crippen LogP contribution is 2.38. The molecule has 0 radical (unpaired) electrons. The van der Waals surface area contributed by atoms with Gasteiger partial charge in [-0.05, 0) is 42.0 Å². The lowest BCUT2D eigenvalue weighted by Crippen LogP contribution is -2.32. The second-order valence-electron chi connectivity index (χ2n) is 7.79. The Kier molecular flexibility index (Phi) is 5.89. The second kappa shape index (κ2) is 9.00. The first-order valence-electron chi connectivity index (χ1n) is 10.5. The molecule has 7 nitrogen and oxygen atoms in total. The minimum atomic E-state index is -0.645. The van der Waals surface area contributed by atoms with Crippen molar-refractivity contribution in [3.63, 3.8) is 0 Å². The lowest BCUT2D eigenvalue weighted by Gasteiger charge is -2.23. The van der Waals surface area contributed by atoms with Gasteiger partial charge < -0.3 is 9.15 Å². The van der Waals surface area contributed by atoms with Gasteiger partial charge in [-0.2, -0.15) is 5.10 Å². The minimum absolute atomic E-state index is 0.268. The normalized spacial score (nSPS) is 15.6. The van der Waals surface area contributed by atoms with E-state index in [1.165, 1.54) is 9.58 Å². The van der Waals surface area contributed by atoms with Gasteiger partial charge in [0.05, 0.1) is 24.4 Å². The molecule has 5 rings (SSSR count). The van der Waals surface area contributed by atoms with Crippen molar-refractivity contribution in [3.8, 4) is 5.75 Å². The number of halogens is 2. The first-order valence-corrected chi connectivity index (χ1v) is 11.3. The second-order valence-corrected chi connectivity index (χ2v) is 8.64. The molecule has 0 fully saturated rings. The van der Waals surface area contributed by atoms with Crippen molar-refractivity contribution in [2.45, 2.75) is 19.0 Å². The van der Waals surface area contributed by atoms with Crippen molar-refractivity contribution < 1.29 is 13.9 Å². The number of fused-ring (bicyclic) bond motifs is 1. The van der Waals surface area contributed by atoms with Gasteiger partial charge in [-0.25, -0.2) is 9.80 Å². The average Bonchev–Trinajstić information content (AvgIpc) is 3.41. The molecule has 0 spiro atoms. The highest BCUT2D eigenvalue weighted by molar-refractivity contribution is 6.31. The number of hydrazone groups is 1. The fraction of sp³-hybridized carbons (Fsp3) is 0.160. The first kappa shape index (κ1) is 22.3. The Balaban J connectivity index is 1.56. The third kappa shape index (κ3) is 3.97. The number of rotatable bonds is 5. The van der Waals surface area contributed by atoms with Crippen LogP contribution in [0.4, 0.5) is 0 Å². The molecule has 1 unspecified atom stereocenters. The number of carbonyl (C=O) groups excluding carboxylic acids is 1. The maximum Gasteiger partial charge on any atom is 0.420 e. The molecule has 1 aliphatic rings. The van der Waals surface area contributed by atoms with Crippen LogP contribution in [0.3, 0.4) is 0 Å². The maximum atomic E-state index is 13.5. The third-order valence-electron chi connectivity index (χ3n) is 5.77. The molecular formula is C25H19Cl2N3O4. The summed E-state index contributed by atoms with van der Waals surface area (Å²) >= 11 is 12.6. The summed E-state index contributed by atoms with van der Waals surface area (Å²) in [4.78, 5) is 26.0. The van der Waals surface area contributed by atoms with E-state index in [-0.39, 0.29) is 12.5 Å². The van der Waals surface area contributed by atoms with E-state index in [1.54, 1.807) is 31.4 Å². The topological polar surface area (TPSA) is 77.0 Å². The van der Waals surface area contributed by atoms with Crippen LogP contribution in [0.25, 0.3) is 11.1 Å². The van der Waals surface area contributed by atoms with Gasteiger partial charge in [-0.3, -0.25) is 9.36 Å². The molecule has 172 valence electrons. The zero-order valence-electron chi connectivity index (χ0n) is 18.1. The largest absolute Gasteiger partial charge is 0.496 e. The number of methoxy groups -OCH3 is 1. The van der Waals surface area contributed by atoms with E-state index in [0.717, 1.165) is 11.1 Å². The van der Waals surface area contributed by atoms with Crippen molar-refractivity contribution in [1.82, 2.24) is 9.58 Å². The van der Waals surface area contributed by atoms with Gasteiger partial charge in [0, 0.05) is 22.0 Å². The summed E-state index contributed by atoms with van der Waals surface area (Å²) < 4.78 is 12.0. The molecule has 34 heavy (non-hydrogen) atoms. The number of oxazole rings is 1. The van der Waals surface area contributed by atoms with Crippen molar-refractivity contribution in [3.05, 3.63) is 98.5 Å². The monoisotopic (exact) mass is 495 g/mol. The number of nitrogens with zero attached hydrogens (tertiary/aromatic N) is 3. The lowest BCUT2D eigenvalue weighted by atomic mass is 9.98. The fourth-order valence-electron chi connectivity index (χ4n) is 4.17. The summed E-state index contributed by atoms with van der Waals surface area (Å²) in [5.41, 5.74) is 3.02. The highest BCUT2D eigenvalue weighted by Gasteiger charge is 2.35. The number of amides is 1. The number of aromatic nitrogens is 1. The summed E-state index contributed by atoms with van der Waals surface area (Å²) in [5, 5.41) is 7.01. The van der Waals surface area contributed by atoms with Gasteiger partial charge in [-0.15, -0.1) is 0 Å².